The first-order valence-electron chi connectivity index (χ1n) is 2.73. The van der Waals surface area contributed by atoms with E-state index in [0.717, 1.165) is 11.8 Å². The van der Waals surface area contributed by atoms with Crippen molar-refractivity contribution in [1.29, 1.82) is 5.26 Å². The van der Waals surface area contributed by atoms with Crippen molar-refractivity contribution in [2.24, 2.45) is 0 Å². The fourth-order valence-corrected chi connectivity index (χ4v) is 1.47. The van der Waals surface area contributed by atoms with Crippen LogP contribution in [-0.4, -0.2) is 6.29 Å². The monoisotopic (exact) mass is 151 g/mol. The fourth-order valence-electron chi connectivity index (χ4n) is 0.658. The first-order valence-corrected chi connectivity index (χ1v) is 3.61. The molecule has 0 aliphatic rings. The van der Waals surface area contributed by atoms with Crippen LogP contribution < -0.4 is 0 Å². The Bertz CT molecular complexity index is 295. The number of hydrogen-bond acceptors (Lipinski definition) is 3. The molecule has 0 N–H and O–H groups in total. The van der Waals surface area contributed by atoms with Crippen LogP contribution in [-0.2, 0) is 0 Å². The minimum Gasteiger partial charge on any atom is -0.297 e. The topological polar surface area (TPSA) is 40.9 Å². The Labute approximate surface area is 62.7 Å². The van der Waals surface area contributed by atoms with E-state index in [1.54, 1.807) is 12.3 Å². The first-order chi connectivity index (χ1) is 4.79. The number of nitriles is 1. The summed E-state index contributed by atoms with van der Waals surface area (Å²) in [6.07, 6.45) is 0.779. The van der Waals surface area contributed by atoms with Crippen molar-refractivity contribution in [2.45, 2.75) is 6.92 Å². The Morgan fingerprint density at radius 1 is 1.80 bits per heavy atom. The van der Waals surface area contributed by atoms with E-state index in [1.165, 1.54) is 11.3 Å². The van der Waals surface area contributed by atoms with E-state index in [2.05, 4.69) is 0 Å². The van der Waals surface area contributed by atoms with Gasteiger partial charge in [0.2, 0.25) is 0 Å². The highest BCUT2D eigenvalue weighted by atomic mass is 32.1. The molecule has 0 unspecified atom stereocenters. The molecule has 0 aliphatic heterocycles. The molecule has 0 aliphatic carbocycles. The summed E-state index contributed by atoms with van der Waals surface area (Å²) in [7, 11) is 0. The third-order valence-electron chi connectivity index (χ3n) is 1.30. The van der Waals surface area contributed by atoms with Gasteiger partial charge in [0.15, 0.2) is 6.29 Å². The normalized spacial score (nSPS) is 8.80. The maximum Gasteiger partial charge on any atom is 0.160 e. The molecule has 0 fully saturated rings. The summed E-state index contributed by atoms with van der Waals surface area (Å²) >= 11 is 1.31. The summed E-state index contributed by atoms with van der Waals surface area (Å²) in [6, 6.07) is 2.00. The molecule has 0 spiro atoms. The van der Waals surface area contributed by atoms with Gasteiger partial charge in [0.1, 0.15) is 6.07 Å². The van der Waals surface area contributed by atoms with Gasteiger partial charge in [-0.05, 0) is 12.5 Å². The standard InChI is InChI=1S/C7H5NOS/c1-5-6(2-8)4-10-7(5)3-9/h3-4H,1H3. The molecule has 3 heteroatoms. The zero-order valence-electron chi connectivity index (χ0n) is 5.42. The van der Waals surface area contributed by atoms with Gasteiger partial charge in [-0.15, -0.1) is 11.3 Å². The molecular formula is C7H5NOS. The van der Waals surface area contributed by atoms with Crippen molar-refractivity contribution in [2.75, 3.05) is 0 Å². The van der Waals surface area contributed by atoms with Crippen molar-refractivity contribution < 1.29 is 4.79 Å². The molecule has 50 valence electrons. The minimum absolute atomic E-state index is 0.604. The van der Waals surface area contributed by atoms with Crippen molar-refractivity contribution in [3.8, 4) is 6.07 Å². The summed E-state index contributed by atoms with van der Waals surface area (Å²) in [5.74, 6) is 0. The second-order valence-electron chi connectivity index (χ2n) is 1.87. The molecule has 2 nitrogen and oxygen atoms in total. The van der Waals surface area contributed by atoms with E-state index in [0.29, 0.717) is 10.4 Å². The summed E-state index contributed by atoms with van der Waals surface area (Å²) in [6.45, 7) is 1.78. The van der Waals surface area contributed by atoms with Gasteiger partial charge in [-0.1, -0.05) is 0 Å². The lowest BCUT2D eigenvalue weighted by molar-refractivity contribution is 0.112. The highest BCUT2D eigenvalue weighted by Gasteiger charge is 2.03. The number of hydrogen-bond donors (Lipinski definition) is 0. The zero-order valence-corrected chi connectivity index (χ0v) is 6.23. The number of aldehydes is 1. The van der Waals surface area contributed by atoms with E-state index < -0.39 is 0 Å². The maximum atomic E-state index is 10.3. The number of thiophene rings is 1. The summed E-state index contributed by atoms with van der Waals surface area (Å²) in [4.78, 5) is 10.9. The van der Waals surface area contributed by atoms with Crippen LogP contribution in [0.25, 0.3) is 0 Å². The van der Waals surface area contributed by atoms with E-state index in [9.17, 15) is 4.79 Å². The Morgan fingerprint density at radius 2 is 2.50 bits per heavy atom. The van der Waals surface area contributed by atoms with E-state index in [4.69, 9.17) is 5.26 Å². The molecule has 0 amide bonds. The number of carbonyl (C=O) groups is 1. The fraction of sp³-hybridized carbons (Fsp3) is 0.143. The number of carbonyl (C=O) groups excluding carboxylic acids is 1. The smallest absolute Gasteiger partial charge is 0.160 e. The van der Waals surface area contributed by atoms with Gasteiger partial charge in [0, 0.05) is 5.38 Å². The molecule has 0 atom stereocenters. The lowest BCUT2D eigenvalue weighted by Crippen LogP contribution is -1.78. The predicted octanol–water partition coefficient (Wildman–Crippen LogP) is 1.74. The molecule has 0 radical (unpaired) electrons. The van der Waals surface area contributed by atoms with Gasteiger partial charge in [0.05, 0.1) is 10.4 Å². The summed E-state index contributed by atoms with van der Waals surface area (Å²) < 4.78 is 0. The molecule has 1 aromatic rings. The third kappa shape index (κ3) is 0.937. The molecule has 0 aromatic carbocycles. The van der Waals surface area contributed by atoms with Gasteiger partial charge in [-0.25, -0.2) is 0 Å². The molecule has 0 saturated heterocycles. The van der Waals surface area contributed by atoms with Crippen LogP contribution in [0.2, 0.25) is 0 Å². The van der Waals surface area contributed by atoms with Crippen molar-refractivity contribution in [3.63, 3.8) is 0 Å². The minimum atomic E-state index is 0.604. The maximum absolute atomic E-state index is 10.3. The Kier molecular flexibility index (Phi) is 1.83. The average molecular weight is 151 g/mol. The second-order valence-corrected chi connectivity index (χ2v) is 2.78. The Hall–Kier alpha value is -1.14. The Morgan fingerprint density at radius 3 is 2.80 bits per heavy atom. The van der Waals surface area contributed by atoms with Crippen molar-refractivity contribution in [1.82, 2.24) is 0 Å². The molecule has 10 heavy (non-hydrogen) atoms. The largest absolute Gasteiger partial charge is 0.297 e. The van der Waals surface area contributed by atoms with E-state index in [1.807, 2.05) is 6.07 Å². The van der Waals surface area contributed by atoms with Crippen LogP contribution in [0.15, 0.2) is 5.38 Å². The highest BCUT2D eigenvalue weighted by Crippen LogP contribution is 2.18. The van der Waals surface area contributed by atoms with Gasteiger partial charge in [-0.3, -0.25) is 4.79 Å². The van der Waals surface area contributed by atoms with Crippen LogP contribution in [0.1, 0.15) is 20.8 Å². The lowest BCUT2D eigenvalue weighted by Gasteiger charge is -1.83. The first kappa shape index (κ1) is 6.97. The Balaban J connectivity index is 3.24. The molecule has 0 saturated carbocycles. The molecule has 1 rings (SSSR count). The van der Waals surface area contributed by atoms with Crippen molar-refractivity contribution in [3.05, 3.63) is 21.4 Å². The average Bonchev–Trinajstić information content (AvgIpc) is 2.30. The van der Waals surface area contributed by atoms with Crippen LogP contribution in [0.3, 0.4) is 0 Å². The van der Waals surface area contributed by atoms with Crippen molar-refractivity contribution >= 4 is 17.6 Å². The number of rotatable bonds is 1. The van der Waals surface area contributed by atoms with Gasteiger partial charge in [0.25, 0.3) is 0 Å². The van der Waals surface area contributed by atoms with Crippen LogP contribution in [0, 0.1) is 18.3 Å². The second kappa shape index (κ2) is 2.63. The molecular weight excluding hydrogens is 146 g/mol. The number of nitrogens with zero attached hydrogens (tertiary/aromatic N) is 1. The van der Waals surface area contributed by atoms with Crippen LogP contribution in [0.4, 0.5) is 0 Å². The predicted molar refractivity (Wildman–Crippen MR) is 39.2 cm³/mol. The van der Waals surface area contributed by atoms with E-state index in [-0.39, 0.29) is 0 Å². The summed E-state index contributed by atoms with van der Waals surface area (Å²) in [5.41, 5.74) is 1.40. The molecule has 0 bridgehead atoms. The van der Waals surface area contributed by atoms with Gasteiger partial charge in [-0.2, -0.15) is 5.26 Å². The highest BCUT2D eigenvalue weighted by molar-refractivity contribution is 7.12. The molecule has 1 aromatic heterocycles. The van der Waals surface area contributed by atoms with Gasteiger partial charge < -0.3 is 0 Å². The van der Waals surface area contributed by atoms with Gasteiger partial charge >= 0.3 is 0 Å². The SMILES string of the molecule is Cc1c(C#N)csc1C=O. The summed E-state index contributed by atoms with van der Waals surface area (Å²) in [5, 5.41) is 10.2. The quantitative estimate of drug-likeness (QED) is 0.573. The third-order valence-corrected chi connectivity index (χ3v) is 2.31. The molecule has 1 heterocycles. The van der Waals surface area contributed by atoms with E-state index >= 15 is 0 Å². The zero-order chi connectivity index (χ0) is 7.56. The van der Waals surface area contributed by atoms with Crippen LogP contribution >= 0.6 is 11.3 Å². The van der Waals surface area contributed by atoms with Crippen LogP contribution in [0.5, 0.6) is 0 Å². The lowest BCUT2D eigenvalue weighted by atomic mass is 10.2.